The van der Waals surface area contributed by atoms with Crippen LogP contribution < -0.4 is 4.90 Å². The van der Waals surface area contributed by atoms with E-state index in [9.17, 15) is 0 Å². The Bertz CT molecular complexity index is 3160. The van der Waals surface area contributed by atoms with Crippen molar-refractivity contribution in [1.82, 2.24) is 4.57 Å². The number of furan rings is 1. The number of fused-ring (bicyclic) bond motifs is 9. The van der Waals surface area contributed by atoms with Gasteiger partial charge in [-0.15, -0.1) is 0 Å². The number of nitrogens with zero attached hydrogens (tertiary/aromatic N) is 2. The Kier molecular flexibility index (Phi) is 6.55. The molecule has 248 valence electrons. The summed E-state index contributed by atoms with van der Waals surface area (Å²) < 4.78 is 9.04. The molecule has 2 heterocycles. The standard InChI is InChI=1S/C50H32N2O/c1-3-14-39-33(11-1)13-9-18-40(39)35-23-26-36(27-24-35)51(47-21-10-19-45-43-17-6-8-22-48(43)53-50(45)47)37-28-30-38(31-29-37)52-46-20-7-5-16-42(46)44-32-25-34-12-2-4-15-41(34)49(44)52/h1-32H. The van der Waals surface area contributed by atoms with Crippen LogP contribution in [0, 0.1) is 0 Å². The summed E-state index contributed by atoms with van der Waals surface area (Å²) in [5, 5.41) is 9.69. The highest BCUT2D eigenvalue weighted by molar-refractivity contribution is 6.18. The van der Waals surface area contributed by atoms with Gasteiger partial charge in [-0.1, -0.05) is 140 Å². The lowest BCUT2D eigenvalue weighted by Crippen LogP contribution is -2.10. The number of hydrogen-bond acceptors (Lipinski definition) is 2. The smallest absolute Gasteiger partial charge is 0.159 e. The van der Waals surface area contributed by atoms with E-state index < -0.39 is 0 Å². The number of rotatable bonds is 5. The number of anilines is 3. The van der Waals surface area contributed by atoms with Crippen molar-refractivity contribution in [3.63, 3.8) is 0 Å². The highest BCUT2D eigenvalue weighted by Gasteiger charge is 2.21. The van der Waals surface area contributed by atoms with Crippen LogP contribution in [0.5, 0.6) is 0 Å². The monoisotopic (exact) mass is 676 g/mol. The molecule has 0 spiro atoms. The van der Waals surface area contributed by atoms with Crippen molar-refractivity contribution in [3.8, 4) is 16.8 Å². The molecule has 0 radical (unpaired) electrons. The number of benzene rings is 9. The molecular formula is C50H32N2O. The topological polar surface area (TPSA) is 21.3 Å². The maximum absolute atomic E-state index is 6.62. The fraction of sp³-hybridized carbons (Fsp3) is 0. The summed E-state index contributed by atoms with van der Waals surface area (Å²) in [5.41, 5.74) is 10.8. The molecule has 3 heteroatoms. The maximum atomic E-state index is 6.62. The van der Waals surface area contributed by atoms with Crippen LogP contribution in [0.1, 0.15) is 0 Å². The van der Waals surface area contributed by atoms with E-state index in [0.717, 1.165) is 44.7 Å². The van der Waals surface area contributed by atoms with E-state index in [0.29, 0.717) is 0 Å². The normalized spacial score (nSPS) is 11.8. The third kappa shape index (κ3) is 4.61. The molecule has 0 amide bonds. The zero-order chi connectivity index (χ0) is 34.9. The van der Waals surface area contributed by atoms with Gasteiger partial charge >= 0.3 is 0 Å². The van der Waals surface area contributed by atoms with Gasteiger partial charge in [-0.2, -0.15) is 0 Å². The highest BCUT2D eigenvalue weighted by Crippen LogP contribution is 2.44. The average Bonchev–Trinajstić information content (AvgIpc) is 3.78. The lowest BCUT2D eigenvalue weighted by Gasteiger charge is -2.26. The Morgan fingerprint density at radius 2 is 1.00 bits per heavy atom. The number of aromatic nitrogens is 1. The van der Waals surface area contributed by atoms with Crippen molar-refractivity contribution in [2.24, 2.45) is 0 Å². The summed E-state index contributed by atoms with van der Waals surface area (Å²) in [4.78, 5) is 2.32. The molecule has 0 bridgehead atoms. The first kappa shape index (κ1) is 29.6. The van der Waals surface area contributed by atoms with Gasteiger partial charge in [-0.3, -0.25) is 0 Å². The van der Waals surface area contributed by atoms with Gasteiger partial charge in [0.05, 0.1) is 16.7 Å². The van der Waals surface area contributed by atoms with Crippen LogP contribution in [0.4, 0.5) is 17.1 Å². The van der Waals surface area contributed by atoms with Crippen LogP contribution in [0.25, 0.3) is 82.1 Å². The van der Waals surface area contributed by atoms with E-state index in [-0.39, 0.29) is 0 Å². The van der Waals surface area contributed by atoms with Crippen LogP contribution in [-0.2, 0) is 0 Å². The van der Waals surface area contributed by atoms with Crippen molar-refractivity contribution in [1.29, 1.82) is 0 Å². The number of para-hydroxylation sites is 3. The largest absolute Gasteiger partial charge is 0.454 e. The molecule has 3 nitrogen and oxygen atoms in total. The van der Waals surface area contributed by atoms with Crippen LogP contribution in [0.15, 0.2) is 199 Å². The van der Waals surface area contributed by atoms with Gasteiger partial charge in [0.15, 0.2) is 5.58 Å². The van der Waals surface area contributed by atoms with Crippen molar-refractivity contribution in [2.75, 3.05) is 4.90 Å². The third-order valence-corrected chi connectivity index (χ3v) is 10.8. The Labute approximate surface area is 306 Å². The predicted molar refractivity (Wildman–Crippen MR) is 223 cm³/mol. The van der Waals surface area contributed by atoms with E-state index in [1.54, 1.807) is 0 Å². The summed E-state index contributed by atoms with van der Waals surface area (Å²) in [5.74, 6) is 0. The van der Waals surface area contributed by atoms with E-state index in [1.165, 1.54) is 54.5 Å². The summed E-state index contributed by atoms with van der Waals surface area (Å²) in [6.45, 7) is 0. The van der Waals surface area contributed by atoms with Gasteiger partial charge in [0, 0.05) is 44.0 Å². The first-order valence-electron chi connectivity index (χ1n) is 18.1. The van der Waals surface area contributed by atoms with Gasteiger partial charge in [0.2, 0.25) is 0 Å². The Balaban J connectivity index is 1.10. The highest BCUT2D eigenvalue weighted by atomic mass is 16.3. The van der Waals surface area contributed by atoms with Crippen molar-refractivity contribution in [3.05, 3.63) is 194 Å². The second-order valence-corrected chi connectivity index (χ2v) is 13.7. The molecule has 0 aliphatic heterocycles. The molecule has 2 aromatic heterocycles. The molecular weight excluding hydrogens is 645 g/mol. The molecule has 0 fully saturated rings. The summed E-state index contributed by atoms with van der Waals surface area (Å²) >= 11 is 0. The van der Waals surface area contributed by atoms with E-state index >= 15 is 0 Å². The molecule has 0 atom stereocenters. The zero-order valence-electron chi connectivity index (χ0n) is 28.8. The third-order valence-electron chi connectivity index (χ3n) is 10.8. The van der Waals surface area contributed by atoms with Crippen molar-refractivity contribution < 1.29 is 4.42 Å². The Hall–Kier alpha value is -7.10. The second kappa shape index (κ2) is 11.7. The van der Waals surface area contributed by atoms with Crippen LogP contribution in [-0.4, -0.2) is 4.57 Å². The van der Waals surface area contributed by atoms with Gasteiger partial charge < -0.3 is 13.9 Å². The molecule has 0 saturated heterocycles. The molecule has 0 N–H and O–H groups in total. The Morgan fingerprint density at radius 1 is 0.396 bits per heavy atom. The molecule has 53 heavy (non-hydrogen) atoms. The SMILES string of the molecule is c1ccc2c(-c3ccc(N(c4ccc(-n5c6ccccc6c6ccc7ccccc7c65)cc4)c4cccc5c4oc4ccccc45)cc3)cccc2c1. The minimum absolute atomic E-state index is 0.866. The van der Waals surface area contributed by atoms with Crippen LogP contribution >= 0.6 is 0 Å². The van der Waals surface area contributed by atoms with E-state index in [4.69, 9.17) is 4.42 Å². The first-order valence-corrected chi connectivity index (χ1v) is 18.1. The van der Waals surface area contributed by atoms with Gasteiger partial charge in [-0.05, 0) is 81.9 Å². The van der Waals surface area contributed by atoms with Crippen molar-refractivity contribution in [2.45, 2.75) is 0 Å². The van der Waals surface area contributed by atoms with Gasteiger partial charge in [0.1, 0.15) is 5.58 Å². The summed E-state index contributed by atoms with van der Waals surface area (Å²) in [6.07, 6.45) is 0. The van der Waals surface area contributed by atoms with Gasteiger partial charge in [0.25, 0.3) is 0 Å². The molecule has 0 aliphatic carbocycles. The molecule has 0 unspecified atom stereocenters. The minimum atomic E-state index is 0.866. The fourth-order valence-electron chi connectivity index (χ4n) is 8.35. The van der Waals surface area contributed by atoms with E-state index in [2.05, 4.69) is 191 Å². The maximum Gasteiger partial charge on any atom is 0.159 e. The lowest BCUT2D eigenvalue weighted by molar-refractivity contribution is 0.669. The molecule has 11 rings (SSSR count). The lowest BCUT2D eigenvalue weighted by atomic mass is 9.98. The minimum Gasteiger partial charge on any atom is -0.454 e. The predicted octanol–water partition coefficient (Wildman–Crippen LogP) is 14.1. The summed E-state index contributed by atoms with van der Waals surface area (Å²) in [7, 11) is 0. The zero-order valence-corrected chi connectivity index (χ0v) is 28.8. The van der Waals surface area contributed by atoms with Crippen molar-refractivity contribution >= 4 is 82.4 Å². The van der Waals surface area contributed by atoms with E-state index in [1.807, 2.05) is 12.1 Å². The summed E-state index contributed by atoms with van der Waals surface area (Å²) in [6, 6.07) is 69.7. The van der Waals surface area contributed by atoms with Gasteiger partial charge in [-0.25, -0.2) is 0 Å². The molecule has 0 aliphatic rings. The molecule has 11 aromatic rings. The molecule has 9 aromatic carbocycles. The average molecular weight is 677 g/mol. The molecule has 0 saturated carbocycles. The number of hydrogen-bond donors (Lipinski definition) is 0. The second-order valence-electron chi connectivity index (χ2n) is 13.7. The quantitative estimate of drug-likeness (QED) is 0.181. The Morgan fingerprint density at radius 3 is 1.81 bits per heavy atom. The van der Waals surface area contributed by atoms with Crippen LogP contribution in [0.2, 0.25) is 0 Å². The van der Waals surface area contributed by atoms with Crippen LogP contribution in [0.3, 0.4) is 0 Å². The first-order chi connectivity index (χ1) is 26.3. The fourth-order valence-corrected chi connectivity index (χ4v) is 8.35.